The maximum absolute atomic E-state index is 11.7. The molecule has 100 valence electrons. The molecule has 0 bridgehead atoms. The Labute approximate surface area is 113 Å². The fourth-order valence-corrected chi connectivity index (χ4v) is 1.65. The second-order valence-electron chi connectivity index (χ2n) is 4.51. The van der Waals surface area contributed by atoms with Crippen LogP contribution in [0.1, 0.15) is 26.7 Å². The molecule has 4 heteroatoms. The van der Waals surface area contributed by atoms with Crippen molar-refractivity contribution in [3.05, 3.63) is 30.3 Å². The Kier molecular flexibility index (Phi) is 5.99. The van der Waals surface area contributed by atoms with Crippen LogP contribution < -0.4 is 10.1 Å². The zero-order chi connectivity index (χ0) is 13.4. The fourth-order valence-electron chi connectivity index (χ4n) is 1.39. The van der Waals surface area contributed by atoms with Crippen molar-refractivity contribution in [2.45, 2.75) is 32.2 Å². The van der Waals surface area contributed by atoms with Crippen LogP contribution in [0.2, 0.25) is 0 Å². The topological polar surface area (TPSA) is 38.3 Å². The first-order chi connectivity index (χ1) is 8.59. The molecule has 0 aliphatic heterocycles. The number of halogens is 1. The highest BCUT2D eigenvalue weighted by molar-refractivity contribution is 6.18. The first-order valence-corrected chi connectivity index (χ1v) is 6.68. The second kappa shape index (κ2) is 7.27. The Balaban J connectivity index is 2.30. The molecule has 1 atom stereocenters. The van der Waals surface area contributed by atoms with Crippen LogP contribution >= 0.6 is 11.6 Å². The van der Waals surface area contributed by atoms with E-state index in [-0.39, 0.29) is 11.4 Å². The second-order valence-corrected chi connectivity index (χ2v) is 4.77. The zero-order valence-electron chi connectivity index (χ0n) is 10.9. The highest BCUT2D eigenvalue weighted by Crippen LogP contribution is 2.12. The summed E-state index contributed by atoms with van der Waals surface area (Å²) in [6.45, 7) is 4.32. The average molecular weight is 270 g/mol. The molecule has 18 heavy (non-hydrogen) atoms. The minimum Gasteiger partial charge on any atom is -0.493 e. The number of alkyl halides is 1. The lowest BCUT2D eigenvalue weighted by atomic mass is 10.0. The van der Waals surface area contributed by atoms with Crippen molar-refractivity contribution in [3.63, 3.8) is 0 Å². The minimum absolute atomic E-state index is 0.0315. The van der Waals surface area contributed by atoms with Gasteiger partial charge in [0.05, 0.1) is 18.6 Å². The van der Waals surface area contributed by atoms with Crippen LogP contribution in [0.4, 0.5) is 0 Å². The lowest BCUT2D eigenvalue weighted by Crippen LogP contribution is -2.47. The summed E-state index contributed by atoms with van der Waals surface area (Å²) in [4.78, 5) is 11.7. The summed E-state index contributed by atoms with van der Waals surface area (Å²) in [7, 11) is 0. The quantitative estimate of drug-likeness (QED) is 0.773. The van der Waals surface area contributed by atoms with E-state index in [1.165, 1.54) is 0 Å². The molecule has 0 aliphatic rings. The average Bonchev–Trinajstić information content (AvgIpc) is 2.40. The first-order valence-electron chi connectivity index (χ1n) is 6.14. The van der Waals surface area contributed by atoms with Gasteiger partial charge in [-0.25, -0.2) is 0 Å². The largest absolute Gasteiger partial charge is 0.493 e. The summed E-state index contributed by atoms with van der Waals surface area (Å²) in [5.74, 6) is 1.16. The molecule has 3 nitrogen and oxygen atoms in total. The van der Waals surface area contributed by atoms with Crippen molar-refractivity contribution in [2.24, 2.45) is 0 Å². The molecular formula is C14H20ClNO2. The van der Waals surface area contributed by atoms with Gasteiger partial charge >= 0.3 is 0 Å². The molecule has 0 heterocycles. The van der Waals surface area contributed by atoms with E-state index in [9.17, 15) is 4.79 Å². The number of para-hydroxylation sites is 1. The number of carbonyl (C=O) groups excluding carboxylic acids is 1. The molecule has 1 rings (SSSR count). The molecule has 0 radical (unpaired) electrons. The van der Waals surface area contributed by atoms with Crippen LogP contribution in [-0.4, -0.2) is 23.9 Å². The number of nitrogens with one attached hydrogen (secondary N) is 1. The van der Waals surface area contributed by atoms with Crippen molar-refractivity contribution < 1.29 is 9.53 Å². The molecular weight excluding hydrogens is 250 g/mol. The molecule has 1 aromatic carbocycles. The monoisotopic (exact) mass is 269 g/mol. The smallest absolute Gasteiger partial charge is 0.223 e. The molecule has 0 aliphatic carbocycles. The van der Waals surface area contributed by atoms with Gasteiger partial charge in [0.1, 0.15) is 5.75 Å². The van der Waals surface area contributed by atoms with Crippen LogP contribution in [0, 0.1) is 0 Å². The predicted octanol–water partition coefficient (Wildman–Crippen LogP) is 2.98. The summed E-state index contributed by atoms with van der Waals surface area (Å²) in [5.41, 5.74) is -0.328. The van der Waals surface area contributed by atoms with Gasteiger partial charge in [0.2, 0.25) is 5.91 Å². The van der Waals surface area contributed by atoms with E-state index in [0.717, 1.165) is 12.2 Å². The van der Waals surface area contributed by atoms with Gasteiger partial charge in [0.15, 0.2) is 0 Å². The molecule has 0 spiro atoms. The van der Waals surface area contributed by atoms with Crippen molar-refractivity contribution in [2.75, 3.05) is 12.5 Å². The van der Waals surface area contributed by atoms with Crippen molar-refractivity contribution in [1.29, 1.82) is 0 Å². The van der Waals surface area contributed by atoms with E-state index in [4.69, 9.17) is 16.3 Å². The lowest BCUT2D eigenvalue weighted by molar-refractivity contribution is -0.123. The molecule has 1 amide bonds. The van der Waals surface area contributed by atoms with E-state index in [0.29, 0.717) is 18.9 Å². The Morgan fingerprint density at radius 1 is 1.39 bits per heavy atom. The lowest BCUT2D eigenvalue weighted by Gasteiger charge is -2.27. The number of rotatable bonds is 7. The highest BCUT2D eigenvalue weighted by atomic mass is 35.5. The number of ether oxygens (including phenoxy) is 1. The standard InChI is InChI=1S/C14H20ClNO2/c1-3-14(2,11-15)16-13(17)9-10-18-12-7-5-4-6-8-12/h4-8H,3,9-11H2,1-2H3,(H,16,17). The number of amides is 1. The predicted molar refractivity (Wildman–Crippen MR) is 74.1 cm³/mol. The van der Waals surface area contributed by atoms with Gasteiger partial charge in [0, 0.05) is 5.88 Å². The molecule has 1 unspecified atom stereocenters. The van der Waals surface area contributed by atoms with Gasteiger partial charge in [-0.3, -0.25) is 4.79 Å². The number of carbonyl (C=O) groups is 1. The van der Waals surface area contributed by atoms with E-state index >= 15 is 0 Å². The third-order valence-electron chi connectivity index (χ3n) is 2.86. The Hall–Kier alpha value is -1.22. The SMILES string of the molecule is CCC(C)(CCl)NC(=O)CCOc1ccccc1. The maximum atomic E-state index is 11.7. The van der Waals surface area contributed by atoms with Crippen LogP contribution in [-0.2, 0) is 4.79 Å². The van der Waals surface area contributed by atoms with E-state index in [1.54, 1.807) is 0 Å². The number of benzene rings is 1. The first kappa shape index (κ1) is 14.8. The van der Waals surface area contributed by atoms with E-state index in [2.05, 4.69) is 5.32 Å². The maximum Gasteiger partial charge on any atom is 0.223 e. The highest BCUT2D eigenvalue weighted by Gasteiger charge is 2.22. The summed E-state index contributed by atoms with van der Waals surface area (Å²) in [5, 5.41) is 2.93. The molecule has 0 fully saturated rings. The van der Waals surface area contributed by atoms with E-state index < -0.39 is 0 Å². The van der Waals surface area contributed by atoms with Crippen LogP contribution in [0.15, 0.2) is 30.3 Å². The van der Waals surface area contributed by atoms with Gasteiger partial charge in [-0.1, -0.05) is 25.1 Å². The van der Waals surface area contributed by atoms with Crippen molar-refractivity contribution >= 4 is 17.5 Å². The van der Waals surface area contributed by atoms with Crippen LogP contribution in [0.25, 0.3) is 0 Å². The summed E-state index contributed by atoms with van der Waals surface area (Å²) < 4.78 is 5.46. The molecule has 0 aromatic heterocycles. The third kappa shape index (κ3) is 4.96. The summed E-state index contributed by atoms with van der Waals surface area (Å²) in [6.07, 6.45) is 1.14. The Morgan fingerprint density at radius 3 is 2.61 bits per heavy atom. The van der Waals surface area contributed by atoms with Crippen LogP contribution in [0.3, 0.4) is 0 Å². The van der Waals surface area contributed by atoms with Gasteiger partial charge in [0.25, 0.3) is 0 Å². The molecule has 1 aromatic rings. The van der Waals surface area contributed by atoms with Gasteiger partial charge in [-0.2, -0.15) is 0 Å². The minimum atomic E-state index is -0.328. The molecule has 0 saturated heterocycles. The van der Waals surface area contributed by atoms with Crippen LogP contribution in [0.5, 0.6) is 5.75 Å². The summed E-state index contributed by atoms with van der Waals surface area (Å²) >= 11 is 5.84. The van der Waals surface area contributed by atoms with Gasteiger partial charge < -0.3 is 10.1 Å². The number of hydrogen-bond acceptors (Lipinski definition) is 2. The zero-order valence-corrected chi connectivity index (χ0v) is 11.7. The third-order valence-corrected chi connectivity index (χ3v) is 3.45. The Bertz CT molecular complexity index is 363. The fraction of sp³-hybridized carbons (Fsp3) is 0.500. The normalized spacial score (nSPS) is 13.7. The molecule has 1 N–H and O–H groups in total. The van der Waals surface area contributed by atoms with Crippen molar-refractivity contribution in [1.82, 2.24) is 5.32 Å². The molecule has 0 saturated carbocycles. The van der Waals surface area contributed by atoms with E-state index in [1.807, 2.05) is 44.2 Å². The van der Waals surface area contributed by atoms with Gasteiger partial charge in [-0.05, 0) is 25.5 Å². The Morgan fingerprint density at radius 2 is 2.06 bits per heavy atom. The van der Waals surface area contributed by atoms with Gasteiger partial charge in [-0.15, -0.1) is 11.6 Å². The summed E-state index contributed by atoms with van der Waals surface area (Å²) in [6, 6.07) is 9.46. The number of hydrogen-bond donors (Lipinski definition) is 1. The van der Waals surface area contributed by atoms with Crippen molar-refractivity contribution in [3.8, 4) is 5.75 Å².